The van der Waals surface area contributed by atoms with E-state index in [0.29, 0.717) is 30.2 Å². The van der Waals surface area contributed by atoms with Gasteiger partial charge in [0.2, 0.25) is 0 Å². The SMILES string of the molecule is CC(C)(C)OC(=O)N1CCc2nc(Cl)cc(CO)c2C1. The Hall–Kier alpha value is -1.33. The molecule has 0 aromatic carbocycles. The molecule has 20 heavy (non-hydrogen) atoms. The van der Waals surface area contributed by atoms with E-state index in [-0.39, 0.29) is 12.7 Å². The summed E-state index contributed by atoms with van der Waals surface area (Å²) in [6, 6.07) is 1.64. The van der Waals surface area contributed by atoms with E-state index in [1.807, 2.05) is 20.8 Å². The molecule has 1 aromatic rings. The van der Waals surface area contributed by atoms with Crippen molar-refractivity contribution < 1.29 is 14.6 Å². The first-order chi connectivity index (χ1) is 9.30. The molecule has 0 fully saturated rings. The number of pyridine rings is 1. The summed E-state index contributed by atoms with van der Waals surface area (Å²) in [6.07, 6.45) is 0.268. The van der Waals surface area contributed by atoms with Gasteiger partial charge in [0.25, 0.3) is 0 Å². The number of halogens is 1. The van der Waals surface area contributed by atoms with Crippen molar-refractivity contribution >= 4 is 17.7 Å². The second-order valence-electron chi connectivity index (χ2n) is 5.84. The number of ether oxygens (including phenoxy) is 1. The van der Waals surface area contributed by atoms with Gasteiger partial charge in [-0.15, -0.1) is 0 Å². The molecule has 2 heterocycles. The maximum atomic E-state index is 12.1. The summed E-state index contributed by atoms with van der Waals surface area (Å²) in [5.41, 5.74) is 1.92. The minimum absolute atomic E-state index is 0.118. The molecule has 110 valence electrons. The Balaban J connectivity index is 2.20. The summed E-state index contributed by atoms with van der Waals surface area (Å²) in [5.74, 6) is 0. The quantitative estimate of drug-likeness (QED) is 0.809. The zero-order valence-corrected chi connectivity index (χ0v) is 12.7. The van der Waals surface area contributed by atoms with Crippen molar-refractivity contribution in [3.05, 3.63) is 28.0 Å². The number of amides is 1. The predicted molar refractivity (Wildman–Crippen MR) is 75.5 cm³/mol. The van der Waals surface area contributed by atoms with Gasteiger partial charge in [-0.1, -0.05) is 11.6 Å². The number of aliphatic hydroxyl groups excluding tert-OH is 1. The zero-order chi connectivity index (χ0) is 14.9. The van der Waals surface area contributed by atoms with Crippen LogP contribution >= 0.6 is 11.6 Å². The number of hydrogen-bond donors (Lipinski definition) is 1. The molecule has 1 N–H and O–H groups in total. The Morgan fingerprint density at radius 3 is 2.85 bits per heavy atom. The summed E-state index contributed by atoms with van der Waals surface area (Å²) in [4.78, 5) is 18.0. The van der Waals surface area contributed by atoms with E-state index >= 15 is 0 Å². The van der Waals surface area contributed by atoms with Gasteiger partial charge in [0.1, 0.15) is 10.8 Å². The predicted octanol–water partition coefficient (Wildman–Crippen LogP) is 2.52. The van der Waals surface area contributed by atoms with Crippen molar-refractivity contribution in [2.75, 3.05) is 6.54 Å². The number of carbonyl (C=O) groups excluding carboxylic acids is 1. The molecule has 0 radical (unpaired) electrons. The highest BCUT2D eigenvalue weighted by atomic mass is 35.5. The Kier molecular flexibility index (Phi) is 4.20. The molecule has 0 bridgehead atoms. The summed E-state index contributed by atoms with van der Waals surface area (Å²) in [5, 5.41) is 9.78. The van der Waals surface area contributed by atoms with E-state index in [2.05, 4.69) is 4.98 Å². The van der Waals surface area contributed by atoms with E-state index in [9.17, 15) is 9.90 Å². The normalized spacial score (nSPS) is 14.9. The van der Waals surface area contributed by atoms with Gasteiger partial charge in [0, 0.05) is 18.7 Å². The first-order valence-corrected chi connectivity index (χ1v) is 6.94. The fourth-order valence-electron chi connectivity index (χ4n) is 2.18. The van der Waals surface area contributed by atoms with Crippen molar-refractivity contribution in [3.63, 3.8) is 0 Å². The fourth-order valence-corrected chi connectivity index (χ4v) is 2.41. The van der Waals surface area contributed by atoms with Gasteiger partial charge in [0.15, 0.2) is 0 Å². The molecule has 1 amide bonds. The molecule has 1 aliphatic rings. The highest BCUT2D eigenvalue weighted by molar-refractivity contribution is 6.29. The van der Waals surface area contributed by atoms with E-state index in [4.69, 9.17) is 16.3 Å². The van der Waals surface area contributed by atoms with Gasteiger partial charge in [-0.05, 0) is 38.0 Å². The Labute approximate surface area is 123 Å². The minimum Gasteiger partial charge on any atom is -0.444 e. The molecule has 0 saturated carbocycles. The van der Waals surface area contributed by atoms with Crippen molar-refractivity contribution in [1.29, 1.82) is 0 Å². The maximum absolute atomic E-state index is 12.1. The molecule has 0 aliphatic carbocycles. The van der Waals surface area contributed by atoms with E-state index in [1.165, 1.54) is 0 Å². The second-order valence-corrected chi connectivity index (χ2v) is 6.23. The van der Waals surface area contributed by atoms with Crippen molar-refractivity contribution in [3.8, 4) is 0 Å². The number of aromatic nitrogens is 1. The Morgan fingerprint density at radius 1 is 1.55 bits per heavy atom. The fraction of sp³-hybridized carbons (Fsp3) is 0.571. The second kappa shape index (κ2) is 5.58. The third-order valence-corrected chi connectivity index (χ3v) is 3.25. The van der Waals surface area contributed by atoms with Gasteiger partial charge < -0.3 is 14.7 Å². The van der Waals surface area contributed by atoms with Crippen LogP contribution in [0.5, 0.6) is 0 Å². The topological polar surface area (TPSA) is 62.7 Å². The van der Waals surface area contributed by atoms with Crippen LogP contribution in [-0.4, -0.2) is 33.2 Å². The van der Waals surface area contributed by atoms with Crippen LogP contribution in [0, 0.1) is 0 Å². The van der Waals surface area contributed by atoms with E-state index in [0.717, 1.165) is 11.3 Å². The average Bonchev–Trinajstić information content (AvgIpc) is 2.35. The highest BCUT2D eigenvalue weighted by Gasteiger charge is 2.27. The van der Waals surface area contributed by atoms with Gasteiger partial charge in [-0.3, -0.25) is 0 Å². The number of aliphatic hydroxyl groups is 1. The van der Waals surface area contributed by atoms with E-state index < -0.39 is 5.60 Å². The van der Waals surface area contributed by atoms with Crippen LogP contribution in [0.4, 0.5) is 4.79 Å². The number of hydrogen-bond acceptors (Lipinski definition) is 4. The number of rotatable bonds is 1. The molecule has 5 nitrogen and oxygen atoms in total. The van der Waals surface area contributed by atoms with Crippen LogP contribution in [0.3, 0.4) is 0 Å². The van der Waals surface area contributed by atoms with Crippen LogP contribution in [0.15, 0.2) is 6.07 Å². The van der Waals surface area contributed by atoms with Crippen molar-refractivity contribution in [2.24, 2.45) is 0 Å². The van der Waals surface area contributed by atoms with Gasteiger partial charge in [-0.25, -0.2) is 9.78 Å². The van der Waals surface area contributed by atoms with Crippen LogP contribution < -0.4 is 0 Å². The smallest absolute Gasteiger partial charge is 0.410 e. The molecule has 0 saturated heterocycles. The molecule has 2 rings (SSSR count). The Bertz CT molecular complexity index is 509. The lowest BCUT2D eigenvalue weighted by molar-refractivity contribution is 0.0221. The van der Waals surface area contributed by atoms with Gasteiger partial charge >= 0.3 is 6.09 Å². The minimum atomic E-state index is -0.518. The third-order valence-electron chi connectivity index (χ3n) is 3.06. The molecule has 6 heteroatoms. The lowest BCUT2D eigenvalue weighted by Gasteiger charge is -2.31. The van der Waals surface area contributed by atoms with Crippen LogP contribution in [-0.2, 0) is 24.3 Å². The van der Waals surface area contributed by atoms with Gasteiger partial charge in [-0.2, -0.15) is 0 Å². The average molecular weight is 299 g/mol. The third kappa shape index (κ3) is 3.41. The lowest BCUT2D eigenvalue weighted by Crippen LogP contribution is -2.40. The molecular formula is C14H19ClN2O3. The summed E-state index contributed by atoms with van der Waals surface area (Å²) in [7, 11) is 0. The monoisotopic (exact) mass is 298 g/mol. The molecule has 1 aliphatic heterocycles. The molecular weight excluding hydrogens is 280 g/mol. The maximum Gasteiger partial charge on any atom is 0.410 e. The van der Waals surface area contributed by atoms with Gasteiger partial charge in [0.05, 0.1) is 13.2 Å². The van der Waals surface area contributed by atoms with Crippen molar-refractivity contribution in [1.82, 2.24) is 9.88 Å². The molecule has 1 aromatic heterocycles. The van der Waals surface area contributed by atoms with Crippen LogP contribution in [0.1, 0.15) is 37.6 Å². The standard InChI is InChI=1S/C14H19ClN2O3/c1-14(2,3)20-13(19)17-5-4-11-10(7-17)9(8-18)6-12(15)16-11/h6,18H,4-5,7-8H2,1-3H3. The first-order valence-electron chi connectivity index (χ1n) is 6.56. The number of carbonyl (C=O) groups is 1. The van der Waals surface area contributed by atoms with Crippen LogP contribution in [0.25, 0.3) is 0 Å². The first kappa shape index (κ1) is 15.1. The largest absolute Gasteiger partial charge is 0.444 e. The number of nitrogens with zero attached hydrogens (tertiary/aromatic N) is 2. The molecule has 0 spiro atoms. The molecule has 0 atom stereocenters. The van der Waals surface area contributed by atoms with Crippen LogP contribution in [0.2, 0.25) is 5.15 Å². The summed E-state index contributed by atoms with van der Waals surface area (Å²) < 4.78 is 5.37. The van der Waals surface area contributed by atoms with E-state index in [1.54, 1.807) is 11.0 Å². The highest BCUT2D eigenvalue weighted by Crippen LogP contribution is 2.25. The Morgan fingerprint density at radius 2 is 2.25 bits per heavy atom. The summed E-state index contributed by atoms with van der Waals surface area (Å²) in [6.45, 7) is 6.33. The van der Waals surface area contributed by atoms with Crippen molar-refractivity contribution in [2.45, 2.75) is 45.9 Å². The summed E-state index contributed by atoms with van der Waals surface area (Å²) >= 11 is 5.92. The number of fused-ring (bicyclic) bond motifs is 1. The zero-order valence-electron chi connectivity index (χ0n) is 11.9. The lowest BCUT2D eigenvalue weighted by atomic mass is 10.0. The molecule has 0 unspecified atom stereocenters.